The zero-order valence-electron chi connectivity index (χ0n) is 24.8. The lowest BCUT2D eigenvalue weighted by Crippen LogP contribution is -2.61. The Kier molecular flexibility index (Phi) is 12.2. The fraction of sp³-hybridized carbons (Fsp3) is 0.333. The number of nitrogens with zero attached hydrogens (tertiary/aromatic N) is 1. The number of carbonyl (C=O) groups excluding carboxylic acids is 4. The highest BCUT2D eigenvalue weighted by atomic mass is 32.2. The van der Waals surface area contributed by atoms with E-state index in [1.54, 1.807) is 26.0 Å². The van der Waals surface area contributed by atoms with E-state index in [4.69, 9.17) is 14.2 Å². The summed E-state index contributed by atoms with van der Waals surface area (Å²) in [4.78, 5) is 55.2. The number of nitrogens with one attached hydrogen (secondary N) is 2. The van der Waals surface area contributed by atoms with Gasteiger partial charge in [0.15, 0.2) is 0 Å². The Morgan fingerprint density at radius 2 is 1.50 bits per heavy atom. The van der Waals surface area contributed by atoms with Gasteiger partial charge in [-0.3, -0.25) is 24.6 Å². The summed E-state index contributed by atoms with van der Waals surface area (Å²) < 4.78 is 16.1. The normalized spacial score (nSPS) is 15.7. The molecule has 0 saturated carbocycles. The van der Waals surface area contributed by atoms with Gasteiger partial charge in [-0.15, -0.1) is 11.8 Å². The molecule has 3 aromatic rings. The van der Waals surface area contributed by atoms with Crippen molar-refractivity contribution in [3.8, 4) is 0 Å². The summed E-state index contributed by atoms with van der Waals surface area (Å²) in [5.41, 5.74) is 2.25. The van der Waals surface area contributed by atoms with Crippen molar-refractivity contribution >= 4 is 41.4 Å². The van der Waals surface area contributed by atoms with E-state index in [0.29, 0.717) is 5.69 Å². The molecule has 0 bridgehead atoms. The maximum Gasteiger partial charge on any atom is 0.407 e. The van der Waals surface area contributed by atoms with Crippen LogP contribution >= 0.6 is 11.8 Å². The zero-order chi connectivity index (χ0) is 31.3. The SMILES string of the molecule is CCOC(=O)CN1C(=O)[C@@H](NC(C(=O)OCC)[C@H](Cc2ccccc2)NC(=O)OCc2ccccc2)CSc2ccccc21. The van der Waals surface area contributed by atoms with E-state index < -0.39 is 42.1 Å². The summed E-state index contributed by atoms with van der Waals surface area (Å²) in [6.07, 6.45) is -0.470. The van der Waals surface area contributed by atoms with Gasteiger partial charge < -0.3 is 19.5 Å². The lowest BCUT2D eigenvalue weighted by molar-refractivity contribution is -0.147. The first-order chi connectivity index (χ1) is 21.4. The maximum absolute atomic E-state index is 14.0. The number of alkyl carbamates (subject to hydrolysis) is 1. The summed E-state index contributed by atoms with van der Waals surface area (Å²) in [5.74, 6) is -1.32. The second kappa shape index (κ2) is 16.5. The summed E-state index contributed by atoms with van der Waals surface area (Å²) in [6.45, 7) is 3.42. The minimum absolute atomic E-state index is 0.0427. The first kappa shape index (κ1) is 32.6. The van der Waals surface area contributed by atoms with E-state index in [0.717, 1.165) is 16.0 Å². The fourth-order valence-electron chi connectivity index (χ4n) is 4.81. The van der Waals surface area contributed by atoms with Gasteiger partial charge in [0.05, 0.1) is 31.0 Å². The van der Waals surface area contributed by atoms with E-state index in [-0.39, 0.29) is 38.5 Å². The van der Waals surface area contributed by atoms with Crippen molar-refractivity contribution in [2.75, 3.05) is 30.4 Å². The number of anilines is 1. The summed E-state index contributed by atoms with van der Waals surface area (Å²) in [7, 11) is 0. The fourth-order valence-corrected chi connectivity index (χ4v) is 5.89. The van der Waals surface area contributed by atoms with Crippen LogP contribution in [0.3, 0.4) is 0 Å². The van der Waals surface area contributed by atoms with Crippen LogP contribution in [-0.2, 0) is 41.6 Å². The highest BCUT2D eigenvalue weighted by Crippen LogP contribution is 2.34. The number of fused-ring (bicyclic) bond motifs is 1. The molecule has 1 aliphatic heterocycles. The monoisotopic (exact) mass is 619 g/mol. The van der Waals surface area contributed by atoms with Gasteiger partial charge in [-0.05, 0) is 43.5 Å². The van der Waals surface area contributed by atoms with Crippen LogP contribution in [0.15, 0.2) is 89.8 Å². The van der Waals surface area contributed by atoms with Crippen molar-refractivity contribution in [3.63, 3.8) is 0 Å². The molecule has 0 saturated heterocycles. The van der Waals surface area contributed by atoms with Gasteiger partial charge >= 0.3 is 18.0 Å². The largest absolute Gasteiger partial charge is 0.465 e. The van der Waals surface area contributed by atoms with Gasteiger partial charge in [0.25, 0.3) is 0 Å². The maximum atomic E-state index is 14.0. The molecule has 1 unspecified atom stereocenters. The quantitative estimate of drug-likeness (QED) is 0.215. The first-order valence-electron chi connectivity index (χ1n) is 14.5. The second-order valence-corrected chi connectivity index (χ2v) is 11.0. The smallest absolute Gasteiger partial charge is 0.407 e. The van der Waals surface area contributed by atoms with E-state index in [1.165, 1.54) is 16.7 Å². The number of esters is 2. The average Bonchev–Trinajstić information content (AvgIpc) is 3.16. The Bertz CT molecular complexity index is 1410. The number of thioether (sulfide) groups is 1. The van der Waals surface area contributed by atoms with Crippen LogP contribution in [0.5, 0.6) is 0 Å². The number of carbonyl (C=O) groups is 4. The molecule has 1 aliphatic rings. The summed E-state index contributed by atoms with van der Waals surface area (Å²) in [5, 5.41) is 6.03. The Morgan fingerprint density at radius 3 is 2.18 bits per heavy atom. The molecule has 3 aromatic carbocycles. The highest BCUT2D eigenvalue weighted by molar-refractivity contribution is 7.99. The number of ether oxygens (including phenoxy) is 3. The molecular weight excluding hydrogens is 582 g/mol. The van der Waals surface area contributed by atoms with Gasteiger partial charge in [0.2, 0.25) is 5.91 Å². The third-order valence-corrected chi connectivity index (χ3v) is 8.01. The van der Waals surface area contributed by atoms with Crippen molar-refractivity contribution in [2.45, 2.75) is 49.9 Å². The molecule has 0 aromatic heterocycles. The Labute approximate surface area is 261 Å². The third kappa shape index (κ3) is 9.08. The first-order valence-corrected chi connectivity index (χ1v) is 15.5. The van der Waals surface area contributed by atoms with Crippen molar-refractivity contribution in [1.82, 2.24) is 10.6 Å². The topological polar surface area (TPSA) is 123 Å². The summed E-state index contributed by atoms with van der Waals surface area (Å²) in [6, 6.07) is 23.0. The molecule has 1 heterocycles. The molecule has 10 nitrogen and oxygen atoms in total. The van der Waals surface area contributed by atoms with Crippen molar-refractivity contribution in [3.05, 3.63) is 96.1 Å². The minimum Gasteiger partial charge on any atom is -0.465 e. The lowest BCUT2D eigenvalue weighted by Gasteiger charge is -2.31. The number of amides is 2. The van der Waals surface area contributed by atoms with E-state index in [1.807, 2.05) is 72.8 Å². The van der Waals surface area contributed by atoms with Crippen LogP contribution in [0, 0.1) is 0 Å². The van der Waals surface area contributed by atoms with E-state index in [9.17, 15) is 19.2 Å². The summed E-state index contributed by atoms with van der Waals surface area (Å²) >= 11 is 1.43. The number of para-hydroxylation sites is 1. The predicted molar refractivity (Wildman–Crippen MR) is 167 cm³/mol. The van der Waals surface area contributed by atoms with Gasteiger partial charge in [0, 0.05) is 10.6 Å². The minimum atomic E-state index is -1.13. The molecule has 44 heavy (non-hydrogen) atoms. The van der Waals surface area contributed by atoms with Crippen LogP contribution in [0.4, 0.5) is 10.5 Å². The standard InChI is InChI=1S/C33H37N3O7S/c1-3-41-29(37)20-36-27-17-11-12-18-28(27)44-22-26(31(36)38)34-30(32(39)42-4-2)25(19-23-13-7-5-8-14-23)35-33(40)43-21-24-15-9-6-10-16-24/h5-18,25-26,30,34H,3-4,19-22H2,1-2H3,(H,35,40)/t25-,26-,30?/m0/s1. The lowest BCUT2D eigenvalue weighted by atomic mass is 9.98. The number of hydrogen-bond acceptors (Lipinski definition) is 9. The molecule has 0 aliphatic carbocycles. The predicted octanol–water partition coefficient (Wildman–Crippen LogP) is 4.12. The molecule has 2 amide bonds. The van der Waals surface area contributed by atoms with Gasteiger partial charge in [0.1, 0.15) is 19.2 Å². The number of benzene rings is 3. The Balaban J connectivity index is 1.61. The molecule has 3 atom stereocenters. The van der Waals surface area contributed by atoms with Gasteiger partial charge in [-0.1, -0.05) is 72.8 Å². The van der Waals surface area contributed by atoms with Crippen LogP contribution in [0.1, 0.15) is 25.0 Å². The van der Waals surface area contributed by atoms with Crippen molar-refractivity contribution < 1.29 is 33.4 Å². The molecular formula is C33H37N3O7S. The van der Waals surface area contributed by atoms with Crippen LogP contribution in [0.2, 0.25) is 0 Å². The second-order valence-electron chi connectivity index (χ2n) is 9.96. The van der Waals surface area contributed by atoms with Gasteiger partial charge in [-0.25, -0.2) is 4.79 Å². The van der Waals surface area contributed by atoms with Gasteiger partial charge in [-0.2, -0.15) is 0 Å². The molecule has 2 N–H and O–H groups in total. The zero-order valence-corrected chi connectivity index (χ0v) is 25.6. The molecule has 232 valence electrons. The van der Waals surface area contributed by atoms with Crippen LogP contribution in [-0.4, -0.2) is 67.6 Å². The molecule has 0 radical (unpaired) electrons. The van der Waals surface area contributed by atoms with E-state index >= 15 is 0 Å². The number of rotatable bonds is 13. The Hall–Kier alpha value is -4.35. The van der Waals surface area contributed by atoms with Crippen LogP contribution in [0.25, 0.3) is 0 Å². The van der Waals surface area contributed by atoms with E-state index in [2.05, 4.69) is 10.6 Å². The van der Waals surface area contributed by atoms with Crippen molar-refractivity contribution in [2.24, 2.45) is 0 Å². The van der Waals surface area contributed by atoms with Crippen molar-refractivity contribution in [1.29, 1.82) is 0 Å². The average molecular weight is 620 g/mol. The third-order valence-electron chi connectivity index (χ3n) is 6.86. The highest BCUT2D eigenvalue weighted by Gasteiger charge is 2.39. The Morgan fingerprint density at radius 1 is 0.864 bits per heavy atom. The van der Waals surface area contributed by atoms with Crippen LogP contribution < -0.4 is 15.5 Å². The molecule has 4 rings (SSSR count). The molecule has 11 heteroatoms. The number of hydrogen-bond donors (Lipinski definition) is 2. The molecule has 0 fully saturated rings. The molecule has 0 spiro atoms.